The first-order chi connectivity index (χ1) is 7.45. The van der Waals surface area contributed by atoms with Crippen molar-refractivity contribution in [3.05, 3.63) is 12.7 Å². The Morgan fingerprint density at radius 1 is 1.31 bits per heavy atom. The molecular weight excluding hydrogens is 196 g/mol. The predicted molar refractivity (Wildman–Crippen MR) is 71.7 cm³/mol. The van der Waals surface area contributed by atoms with E-state index in [2.05, 4.69) is 44.3 Å². The van der Waals surface area contributed by atoms with Crippen molar-refractivity contribution in [2.75, 3.05) is 40.3 Å². The summed E-state index contributed by atoms with van der Waals surface area (Å²) >= 11 is 0. The van der Waals surface area contributed by atoms with Crippen LogP contribution in [-0.2, 0) is 0 Å². The highest BCUT2D eigenvalue weighted by Crippen LogP contribution is 2.35. The standard InChI is InChI=1S/C14H28N2/c1-6-9-16-10-7-13(8-11-16)14(2,3)12-15(4)5/h6,13H,1,7-12H2,2-5H3. The smallest absolute Gasteiger partial charge is 0.0160 e. The summed E-state index contributed by atoms with van der Waals surface area (Å²) in [5.41, 5.74) is 0.448. The molecule has 1 fully saturated rings. The number of rotatable bonds is 5. The summed E-state index contributed by atoms with van der Waals surface area (Å²) in [6, 6.07) is 0. The molecule has 0 amide bonds. The van der Waals surface area contributed by atoms with E-state index in [0.29, 0.717) is 5.41 Å². The van der Waals surface area contributed by atoms with Gasteiger partial charge in [0.15, 0.2) is 0 Å². The molecule has 0 aliphatic carbocycles. The van der Waals surface area contributed by atoms with Crippen LogP contribution in [-0.4, -0.2) is 50.1 Å². The zero-order valence-corrected chi connectivity index (χ0v) is 11.5. The Labute approximate surface area is 101 Å². The van der Waals surface area contributed by atoms with Gasteiger partial charge in [-0.2, -0.15) is 0 Å². The van der Waals surface area contributed by atoms with Crippen LogP contribution in [0, 0.1) is 11.3 Å². The molecule has 16 heavy (non-hydrogen) atoms. The van der Waals surface area contributed by atoms with Gasteiger partial charge in [0.1, 0.15) is 0 Å². The summed E-state index contributed by atoms with van der Waals surface area (Å²) in [5, 5.41) is 0. The third-order valence-electron chi connectivity index (χ3n) is 3.80. The van der Waals surface area contributed by atoms with E-state index >= 15 is 0 Å². The lowest BCUT2D eigenvalue weighted by Crippen LogP contribution is -2.42. The molecule has 94 valence electrons. The zero-order valence-electron chi connectivity index (χ0n) is 11.5. The maximum absolute atomic E-state index is 3.81. The lowest BCUT2D eigenvalue weighted by Gasteiger charge is -2.41. The number of hydrogen-bond donors (Lipinski definition) is 0. The van der Waals surface area contributed by atoms with Crippen LogP contribution in [0.2, 0.25) is 0 Å². The molecule has 2 nitrogen and oxygen atoms in total. The minimum atomic E-state index is 0.448. The Morgan fingerprint density at radius 3 is 2.31 bits per heavy atom. The Bertz CT molecular complexity index is 213. The number of likely N-dealkylation sites (tertiary alicyclic amines) is 1. The van der Waals surface area contributed by atoms with Gasteiger partial charge in [-0.15, -0.1) is 6.58 Å². The van der Waals surface area contributed by atoms with Gasteiger partial charge >= 0.3 is 0 Å². The van der Waals surface area contributed by atoms with E-state index < -0.39 is 0 Å². The van der Waals surface area contributed by atoms with Crippen LogP contribution in [0.15, 0.2) is 12.7 Å². The minimum absolute atomic E-state index is 0.448. The highest BCUT2D eigenvalue weighted by molar-refractivity contribution is 4.86. The van der Waals surface area contributed by atoms with Gasteiger partial charge in [-0.05, 0) is 51.4 Å². The Balaban J connectivity index is 2.42. The van der Waals surface area contributed by atoms with Crippen LogP contribution in [0.5, 0.6) is 0 Å². The molecule has 0 atom stereocenters. The van der Waals surface area contributed by atoms with Crippen LogP contribution in [0.1, 0.15) is 26.7 Å². The van der Waals surface area contributed by atoms with E-state index in [4.69, 9.17) is 0 Å². The fourth-order valence-electron chi connectivity index (χ4n) is 3.02. The van der Waals surface area contributed by atoms with Crippen molar-refractivity contribution in [3.63, 3.8) is 0 Å². The SMILES string of the molecule is C=CCN1CCC(C(C)(C)CN(C)C)CC1. The van der Waals surface area contributed by atoms with E-state index in [1.165, 1.54) is 32.5 Å². The summed E-state index contributed by atoms with van der Waals surface area (Å²) < 4.78 is 0. The predicted octanol–water partition coefficient (Wildman–Crippen LogP) is 2.47. The first kappa shape index (κ1) is 13.7. The van der Waals surface area contributed by atoms with E-state index in [-0.39, 0.29) is 0 Å². The van der Waals surface area contributed by atoms with Gasteiger partial charge in [-0.3, -0.25) is 4.90 Å². The topological polar surface area (TPSA) is 6.48 Å². The van der Waals surface area contributed by atoms with E-state index in [1.54, 1.807) is 0 Å². The number of piperidine rings is 1. The van der Waals surface area contributed by atoms with Crippen molar-refractivity contribution in [3.8, 4) is 0 Å². The zero-order chi connectivity index (χ0) is 12.2. The Hall–Kier alpha value is -0.340. The highest BCUT2D eigenvalue weighted by Gasteiger charge is 2.32. The third kappa shape index (κ3) is 3.91. The van der Waals surface area contributed by atoms with Crippen LogP contribution in [0.3, 0.4) is 0 Å². The van der Waals surface area contributed by atoms with Crippen molar-refractivity contribution in [2.45, 2.75) is 26.7 Å². The van der Waals surface area contributed by atoms with Gasteiger partial charge in [-0.1, -0.05) is 19.9 Å². The molecule has 0 aromatic heterocycles. The van der Waals surface area contributed by atoms with Gasteiger partial charge in [-0.25, -0.2) is 0 Å². The van der Waals surface area contributed by atoms with Crippen molar-refractivity contribution >= 4 is 0 Å². The molecule has 0 unspecified atom stereocenters. The monoisotopic (exact) mass is 224 g/mol. The first-order valence-electron chi connectivity index (χ1n) is 6.43. The van der Waals surface area contributed by atoms with Crippen LogP contribution in [0.25, 0.3) is 0 Å². The summed E-state index contributed by atoms with van der Waals surface area (Å²) in [5.74, 6) is 0.871. The molecule has 0 spiro atoms. The molecule has 1 aliphatic rings. The second kappa shape index (κ2) is 5.83. The maximum Gasteiger partial charge on any atom is 0.0160 e. The summed E-state index contributed by atoms with van der Waals surface area (Å²) in [6.45, 7) is 13.4. The van der Waals surface area contributed by atoms with E-state index in [9.17, 15) is 0 Å². The van der Waals surface area contributed by atoms with Gasteiger partial charge in [0.05, 0.1) is 0 Å². The molecule has 0 N–H and O–H groups in total. The van der Waals surface area contributed by atoms with Gasteiger partial charge in [0, 0.05) is 13.1 Å². The normalized spacial score (nSPS) is 20.3. The maximum atomic E-state index is 3.81. The van der Waals surface area contributed by atoms with Gasteiger partial charge in [0.25, 0.3) is 0 Å². The largest absolute Gasteiger partial charge is 0.309 e. The van der Waals surface area contributed by atoms with Crippen LogP contribution < -0.4 is 0 Å². The average molecular weight is 224 g/mol. The van der Waals surface area contributed by atoms with E-state index in [1.807, 2.05) is 6.08 Å². The van der Waals surface area contributed by atoms with Crippen molar-refractivity contribution in [1.82, 2.24) is 9.80 Å². The second-order valence-electron chi connectivity index (χ2n) is 6.09. The molecule has 0 bridgehead atoms. The number of hydrogen-bond acceptors (Lipinski definition) is 2. The number of nitrogens with zero attached hydrogens (tertiary/aromatic N) is 2. The lowest BCUT2D eigenvalue weighted by atomic mass is 9.73. The summed E-state index contributed by atoms with van der Waals surface area (Å²) in [4.78, 5) is 4.82. The molecule has 0 saturated carbocycles. The quantitative estimate of drug-likeness (QED) is 0.662. The lowest BCUT2D eigenvalue weighted by molar-refractivity contribution is 0.0833. The molecule has 1 saturated heterocycles. The second-order valence-corrected chi connectivity index (χ2v) is 6.09. The first-order valence-corrected chi connectivity index (χ1v) is 6.43. The summed E-state index contributed by atoms with van der Waals surface area (Å²) in [6.07, 6.45) is 4.70. The van der Waals surface area contributed by atoms with Gasteiger partial charge in [0.2, 0.25) is 0 Å². The van der Waals surface area contributed by atoms with Crippen molar-refractivity contribution in [2.24, 2.45) is 11.3 Å². The van der Waals surface area contributed by atoms with Crippen LogP contribution >= 0.6 is 0 Å². The Morgan fingerprint density at radius 2 is 1.88 bits per heavy atom. The highest BCUT2D eigenvalue weighted by atomic mass is 15.1. The molecule has 2 heteroatoms. The van der Waals surface area contributed by atoms with Crippen molar-refractivity contribution in [1.29, 1.82) is 0 Å². The van der Waals surface area contributed by atoms with Crippen LogP contribution in [0.4, 0.5) is 0 Å². The van der Waals surface area contributed by atoms with Crippen molar-refractivity contribution < 1.29 is 0 Å². The molecular formula is C14H28N2. The average Bonchev–Trinajstić information content (AvgIpc) is 2.17. The molecule has 1 aliphatic heterocycles. The molecule has 0 aromatic rings. The molecule has 1 heterocycles. The van der Waals surface area contributed by atoms with E-state index in [0.717, 1.165) is 12.5 Å². The minimum Gasteiger partial charge on any atom is -0.309 e. The molecule has 0 aromatic carbocycles. The summed E-state index contributed by atoms with van der Waals surface area (Å²) in [7, 11) is 4.35. The third-order valence-corrected chi connectivity index (χ3v) is 3.80. The molecule has 0 radical (unpaired) electrons. The fourth-order valence-corrected chi connectivity index (χ4v) is 3.02. The van der Waals surface area contributed by atoms with Gasteiger partial charge < -0.3 is 4.90 Å². The molecule has 1 rings (SSSR count). The fraction of sp³-hybridized carbons (Fsp3) is 0.857. The Kier molecular flexibility index (Phi) is 5.00.